The highest BCUT2D eigenvalue weighted by Gasteiger charge is 2.58. The number of amides is 1. The van der Waals surface area contributed by atoms with Crippen LogP contribution >= 0.6 is 0 Å². The SMILES string of the molecule is CS(=O)(=O)c1ccc(OCC(F)(F)C(F)(F)F)c(C(=O)N2CCN(c3ccc(C(F)(F)F)cc3)CC2)c1. The normalized spacial score (nSPS) is 15.6. The third-order valence-corrected chi connectivity index (χ3v) is 6.67. The van der Waals surface area contributed by atoms with Gasteiger partial charge in [-0.15, -0.1) is 0 Å². The first-order valence-electron chi connectivity index (χ1n) is 10.5. The maximum Gasteiger partial charge on any atom is 0.456 e. The van der Waals surface area contributed by atoms with Crippen LogP contribution in [-0.2, 0) is 16.0 Å². The lowest BCUT2D eigenvalue weighted by Gasteiger charge is -2.36. The van der Waals surface area contributed by atoms with Gasteiger partial charge in [0.15, 0.2) is 16.4 Å². The molecule has 2 aromatic rings. The molecule has 0 N–H and O–H groups in total. The van der Waals surface area contributed by atoms with E-state index in [4.69, 9.17) is 0 Å². The Hall–Kier alpha value is -3.10. The molecular weight excluding hydrogens is 540 g/mol. The van der Waals surface area contributed by atoms with Gasteiger partial charge in [0.1, 0.15) is 5.75 Å². The summed E-state index contributed by atoms with van der Waals surface area (Å²) < 4.78 is 131. The molecule has 0 spiro atoms. The van der Waals surface area contributed by atoms with Crippen LogP contribution in [0.3, 0.4) is 0 Å². The fraction of sp³-hybridized carbons (Fsp3) is 0.409. The molecule has 0 bridgehead atoms. The molecule has 0 unspecified atom stereocenters. The highest BCUT2D eigenvalue weighted by molar-refractivity contribution is 7.90. The van der Waals surface area contributed by atoms with Crippen LogP contribution in [0.15, 0.2) is 47.4 Å². The fourth-order valence-electron chi connectivity index (χ4n) is 3.48. The molecule has 1 fully saturated rings. The molecule has 1 aliphatic rings. The quantitative estimate of drug-likeness (QED) is 0.482. The van der Waals surface area contributed by atoms with E-state index in [-0.39, 0.29) is 31.1 Å². The standard InChI is InChI=1S/C22H20F8N2O4S/c1-37(34,35)16-6-7-18(36-13-20(23,24)22(28,29)30)17(12-16)19(33)32-10-8-31(9-11-32)15-4-2-14(3-5-15)21(25,26)27/h2-7,12H,8-11,13H2,1H3. The van der Waals surface area contributed by atoms with Gasteiger partial charge >= 0.3 is 18.3 Å². The van der Waals surface area contributed by atoms with Gasteiger partial charge in [0.05, 0.1) is 16.0 Å². The van der Waals surface area contributed by atoms with Crippen LogP contribution in [0.1, 0.15) is 15.9 Å². The Morgan fingerprint density at radius 2 is 1.46 bits per heavy atom. The number of carbonyl (C=O) groups excluding carboxylic acids is 1. The van der Waals surface area contributed by atoms with Gasteiger partial charge in [-0.25, -0.2) is 8.42 Å². The number of halogens is 8. The molecule has 204 valence electrons. The number of carbonyl (C=O) groups is 1. The molecule has 1 saturated heterocycles. The molecule has 1 heterocycles. The van der Waals surface area contributed by atoms with Crippen molar-refractivity contribution in [1.82, 2.24) is 4.90 Å². The van der Waals surface area contributed by atoms with Gasteiger partial charge in [-0.05, 0) is 42.5 Å². The van der Waals surface area contributed by atoms with Crippen molar-refractivity contribution in [3.8, 4) is 5.75 Å². The number of piperazine rings is 1. The zero-order valence-electron chi connectivity index (χ0n) is 19.0. The van der Waals surface area contributed by atoms with E-state index in [9.17, 15) is 48.3 Å². The molecule has 6 nitrogen and oxygen atoms in total. The molecule has 0 atom stereocenters. The van der Waals surface area contributed by atoms with Crippen molar-refractivity contribution in [3.63, 3.8) is 0 Å². The van der Waals surface area contributed by atoms with Gasteiger partial charge in [0, 0.05) is 38.1 Å². The van der Waals surface area contributed by atoms with Gasteiger partial charge in [-0.3, -0.25) is 4.79 Å². The Bertz CT molecular complexity index is 1240. The number of sulfone groups is 1. The largest absolute Gasteiger partial charge is 0.486 e. The minimum Gasteiger partial charge on any atom is -0.486 e. The summed E-state index contributed by atoms with van der Waals surface area (Å²) >= 11 is 0. The van der Waals surface area contributed by atoms with Crippen molar-refractivity contribution in [1.29, 1.82) is 0 Å². The molecule has 15 heteroatoms. The Balaban J connectivity index is 1.79. The molecule has 0 saturated carbocycles. The number of hydrogen-bond donors (Lipinski definition) is 0. The second-order valence-corrected chi connectivity index (χ2v) is 10.3. The van der Waals surface area contributed by atoms with E-state index >= 15 is 0 Å². The summed E-state index contributed by atoms with van der Waals surface area (Å²) in [6.07, 6.45) is -9.59. The number of rotatable bonds is 6. The van der Waals surface area contributed by atoms with Gasteiger partial charge < -0.3 is 14.5 Å². The van der Waals surface area contributed by atoms with Crippen molar-refractivity contribution in [2.45, 2.75) is 23.2 Å². The smallest absolute Gasteiger partial charge is 0.456 e. The predicted octanol–water partition coefficient (Wildman–Crippen LogP) is 4.65. The number of benzene rings is 2. The van der Waals surface area contributed by atoms with Crippen LogP contribution in [0.2, 0.25) is 0 Å². The van der Waals surface area contributed by atoms with E-state index in [2.05, 4.69) is 4.74 Å². The van der Waals surface area contributed by atoms with Crippen molar-refractivity contribution in [2.24, 2.45) is 0 Å². The Labute approximate surface area is 206 Å². The van der Waals surface area contributed by atoms with E-state index in [0.717, 1.165) is 36.6 Å². The van der Waals surface area contributed by atoms with Crippen molar-refractivity contribution in [2.75, 3.05) is 43.9 Å². The lowest BCUT2D eigenvalue weighted by atomic mass is 10.1. The Kier molecular flexibility index (Phi) is 7.68. The maximum atomic E-state index is 13.4. The zero-order chi connectivity index (χ0) is 27.8. The first-order valence-corrected chi connectivity index (χ1v) is 12.4. The van der Waals surface area contributed by atoms with Gasteiger partial charge in [-0.1, -0.05) is 0 Å². The summed E-state index contributed by atoms with van der Waals surface area (Å²) in [5.41, 5.74) is -0.902. The average Bonchev–Trinajstić information content (AvgIpc) is 2.80. The average molecular weight is 560 g/mol. The van der Waals surface area contributed by atoms with E-state index in [1.165, 1.54) is 17.0 Å². The molecule has 3 rings (SSSR count). The van der Waals surface area contributed by atoms with E-state index < -0.39 is 57.5 Å². The topological polar surface area (TPSA) is 66.9 Å². The zero-order valence-corrected chi connectivity index (χ0v) is 19.9. The predicted molar refractivity (Wildman–Crippen MR) is 116 cm³/mol. The summed E-state index contributed by atoms with van der Waals surface area (Å²) in [5, 5.41) is 0. The van der Waals surface area contributed by atoms with Crippen LogP contribution in [-0.4, -0.2) is 70.4 Å². The lowest BCUT2D eigenvalue weighted by molar-refractivity contribution is -0.290. The van der Waals surface area contributed by atoms with Crippen molar-refractivity contribution in [3.05, 3.63) is 53.6 Å². The molecule has 0 radical (unpaired) electrons. The Morgan fingerprint density at radius 1 is 0.892 bits per heavy atom. The van der Waals surface area contributed by atoms with Crippen molar-refractivity contribution < 1.29 is 53.1 Å². The molecule has 0 aliphatic carbocycles. The van der Waals surface area contributed by atoms with Crippen LogP contribution in [0.5, 0.6) is 5.75 Å². The molecule has 0 aromatic heterocycles. The molecular formula is C22H20F8N2O4S. The summed E-state index contributed by atoms with van der Waals surface area (Å²) in [7, 11) is -3.87. The number of nitrogens with zero attached hydrogens (tertiary/aromatic N) is 2. The number of anilines is 1. The van der Waals surface area contributed by atoms with Crippen LogP contribution < -0.4 is 9.64 Å². The first kappa shape index (κ1) is 28.5. The molecule has 37 heavy (non-hydrogen) atoms. The third-order valence-electron chi connectivity index (χ3n) is 5.56. The highest BCUT2D eigenvalue weighted by atomic mass is 32.2. The van der Waals surface area contributed by atoms with Gasteiger partial charge in [0.25, 0.3) is 5.91 Å². The van der Waals surface area contributed by atoms with Gasteiger partial charge in [-0.2, -0.15) is 35.1 Å². The lowest BCUT2D eigenvalue weighted by Crippen LogP contribution is -2.49. The summed E-state index contributed by atoms with van der Waals surface area (Å²) in [5.74, 6) is -6.76. The monoisotopic (exact) mass is 560 g/mol. The summed E-state index contributed by atoms with van der Waals surface area (Å²) in [6.45, 7) is -1.81. The first-order chi connectivity index (χ1) is 16.9. The van der Waals surface area contributed by atoms with Gasteiger partial charge in [0.2, 0.25) is 0 Å². The number of hydrogen-bond acceptors (Lipinski definition) is 5. The second kappa shape index (κ2) is 9.99. The third kappa shape index (κ3) is 6.62. The van der Waals surface area contributed by atoms with E-state index in [0.29, 0.717) is 5.69 Å². The maximum absolute atomic E-state index is 13.4. The summed E-state index contributed by atoms with van der Waals surface area (Å²) in [4.78, 5) is 15.6. The minimum atomic E-state index is -5.90. The van der Waals surface area contributed by atoms with E-state index in [1.807, 2.05) is 0 Å². The fourth-order valence-corrected chi connectivity index (χ4v) is 4.13. The number of ether oxygens (including phenoxy) is 1. The van der Waals surface area contributed by atoms with Crippen molar-refractivity contribution >= 4 is 21.4 Å². The molecule has 1 aliphatic heterocycles. The summed E-state index contributed by atoms with van der Waals surface area (Å²) in [6, 6.07) is 6.92. The van der Waals surface area contributed by atoms with E-state index in [1.54, 1.807) is 4.90 Å². The second-order valence-electron chi connectivity index (χ2n) is 8.24. The van der Waals surface area contributed by atoms with Crippen LogP contribution in [0.4, 0.5) is 40.8 Å². The van der Waals surface area contributed by atoms with Crippen LogP contribution in [0.25, 0.3) is 0 Å². The Morgan fingerprint density at radius 3 is 1.95 bits per heavy atom. The molecule has 2 aromatic carbocycles. The van der Waals surface area contributed by atoms with Crippen LogP contribution in [0, 0.1) is 0 Å². The highest BCUT2D eigenvalue weighted by Crippen LogP contribution is 2.37. The number of alkyl halides is 8. The minimum absolute atomic E-state index is 0.00110. The molecule has 1 amide bonds.